The summed E-state index contributed by atoms with van der Waals surface area (Å²) in [6, 6.07) is 3.59. The maximum atomic E-state index is 11.3. The second-order valence-corrected chi connectivity index (χ2v) is 4.53. The number of pyridine rings is 1. The summed E-state index contributed by atoms with van der Waals surface area (Å²) >= 11 is 0. The summed E-state index contributed by atoms with van der Waals surface area (Å²) in [5.41, 5.74) is 0.845. The Morgan fingerprint density at radius 1 is 1.29 bits per heavy atom. The molecule has 1 aromatic rings. The molecule has 4 heteroatoms. The van der Waals surface area contributed by atoms with Crippen LogP contribution in [0.1, 0.15) is 30.7 Å². The van der Waals surface area contributed by atoms with E-state index in [2.05, 4.69) is 9.88 Å². The quantitative estimate of drug-likeness (QED) is 0.862. The van der Waals surface area contributed by atoms with Gasteiger partial charge in [-0.1, -0.05) is 6.42 Å². The number of nitrogens with zero attached hydrogens (tertiary/aromatic N) is 2. The smallest absolute Gasteiger partial charge is 0.312 e. The second kappa shape index (κ2) is 5.77. The fourth-order valence-corrected chi connectivity index (χ4v) is 2.32. The van der Waals surface area contributed by atoms with E-state index < -0.39 is 11.9 Å². The number of piperidine rings is 1. The first-order valence-corrected chi connectivity index (χ1v) is 6.12. The predicted molar refractivity (Wildman–Crippen MR) is 64.9 cm³/mol. The van der Waals surface area contributed by atoms with Crippen molar-refractivity contribution in [2.75, 3.05) is 19.6 Å². The van der Waals surface area contributed by atoms with Crippen molar-refractivity contribution in [3.05, 3.63) is 30.1 Å². The standard InChI is InChI=1S/C13H18N2O2/c16-13(17)12(11-4-6-14-7-5-11)10-15-8-2-1-3-9-15/h4-7,12H,1-3,8-10H2,(H,16,17). The molecule has 1 saturated heterocycles. The van der Waals surface area contributed by atoms with Crippen LogP contribution in [0.3, 0.4) is 0 Å². The van der Waals surface area contributed by atoms with Crippen molar-refractivity contribution in [1.29, 1.82) is 0 Å². The van der Waals surface area contributed by atoms with Crippen LogP contribution in [0.15, 0.2) is 24.5 Å². The lowest BCUT2D eigenvalue weighted by atomic mass is 9.98. The molecular formula is C13H18N2O2. The van der Waals surface area contributed by atoms with E-state index in [0.717, 1.165) is 18.7 Å². The topological polar surface area (TPSA) is 53.4 Å². The first-order valence-electron chi connectivity index (χ1n) is 6.12. The maximum Gasteiger partial charge on any atom is 0.312 e. The van der Waals surface area contributed by atoms with E-state index in [-0.39, 0.29) is 0 Å². The minimum Gasteiger partial charge on any atom is -0.481 e. The summed E-state index contributed by atoms with van der Waals surface area (Å²) < 4.78 is 0. The van der Waals surface area contributed by atoms with E-state index in [0.29, 0.717) is 6.54 Å². The minimum atomic E-state index is -0.748. The molecule has 17 heavy (non-hydrogen) atoms. The van der Waals surface area contributed by atoms with Gasteiger partial charge in [0.25, 0.3) is 0 Å². The van der Waals surface area contributed by atoms with E-state index in [9.17, 15) is 9.90 Å². The van der Waals surface area contributed by atoms with Gasteiger partial charge in [0.2, 0.25) is 0 Å². The summed E-state index contributed by atoms with van der Waals surface area (Å²) in [6.45, 7) is 2.66. The zero-order valence-corrected chi connectivity index (χ0v) is 9.88. The van der Waals surface area contributed by atoms with E-state index in [1.165, 1.54) is 19.3 Å². The van der Waals surface area contributed by atoms with Crippen LogP contribution in [0.4, 0.5) is 0 Å². The first kappa shape index (κ1) is 12.0. The maximum absolute atomic E-state index is 11.3. The Morgan fingerprint density at radius 3 is 2.53 bits per heavy atom. The van der Waals surface area contributed by atoms with Gasteiger partial charge >= 0.3 is 5.97 Å². The SMILES string of the molecule is O=C(O)C(CN1CCCCC1)c1ccncc1. The van der Waals surface area contributed by atoms with Crippen LogP contribution in [-0.4, -0.2) is 40.6 Å². The van der Waals surface area contributed by atoms with Gasteiger partial charge in [0.05, 0.1) is 5.92 Å². The third-order valence-corrected chi connectivity index (χ3v) is 3.30. The van der Waals surface area contributed by atoms with Gasteiger partial charge in [0.1, 0.15) is 0 Å². The average Bonchev–Trinajstić information content (AvgIpc) is 2.38. The highest BCUT2D eigenvalue weighted by Gasteiger charge is 2.23. The van der Waals surface area contributed by atoms with E-state index in [1.54, 1.807) is 24.5 Å². The molecule has 0 saturated carbocycles. The van der Waals surface area contributed by atoms with Gasteiger partial charge in [0.15, 0.2) is 0 Å². The molecule has 2 heterocycles. The number of carboxylic acids is 1. The third-order valence-electron chi connectivity index (χ3n) is 3.30. The van der Waals surface area contributed by atoms with Crippen molar-refractivity contribution in [1.82, 2.24) is 9.88 Å². The third kappa shape index (κ3) is 3.27. The van der Waals surface area contributed by atoms with Crippen molar-refractivity contribution in [3.8, 4) is 0 Å². The van der Waals surface area contributed by atoms with Crippen LogP contribution in [0.25, 0.3) is 0 Å². The molecule has 1 N–H and O–H groups in total. The predicted octanol–water partition coefficient (Wildman–Crippen LogP) is 1.74. The van der Waals surface area contributed by atoms with Crippen LogP contribution < -0.4 is 0 Å². The van der Waals surface area contributed by atoms with Gasteiger partial charge in [-0.15, -0.1) is 0 Å². The number of carboxylic acid groups (broad SMARTS) is 1. The van der Waals surface area contributed by atoms with Crippen molar-refractivity contribution in [3.63, 3.8) is 0 Å². The van der Waals surface area contributed by atoms with Crippen molar-refractivity contribution >= 4 is 5.97 Å². The molecule has 1 unspecified atom stereocenters. The number of likely N-dealkylation sites (tertiary alicyclic amines) is 1. The van der Waals surface area contributed by atoms with E-state index in [4.69, 9.17) is 0 Å². The Balaban J connectivity index is 2.05. The van der Waals surface area contributed by atoms with E-state index in [1.807, 2.05) is 0 Å². The Morgan fingerprint density at radius 2 is 1.94 bits per heavy atom. The monoisotopic (exact) mass is 234 g/mol. The van der Waals surface area contributed by atoms with E-state index >= 15 is 0 Å². The highest BCUT2D eigenvalue weighted by molar-refractivity contribution is 5.76. The largest absolute Gasteiger partial charge is 0.481 e. The van der Waals surface area contributed by atoms with Crippen LogP contribution >= 0.6 is 0 Å². The molecule has 2 rings (SSSR count). The lowest BCUT2D eigenvalue weighted by molar-refractivity contribution is -0.139. The van der Waals surface area contributed by atoms with Crippen LogP contribution in [0.5, 0.6) is 0 Å². The lowest BCUT2D eigenvalue weighted by Gasteiger charge is -2.29. The number of aliphatic carboxylic acids is 1. The number of hydrogen-bond acceptors (Lipinski definition) is 3. The summed E-state index contributed by atoms with van der Waals surface area (Å²) in [5.74, 6) is -1.18. The highest BCUT2D eigenvalue weighted by atomic mass is 16.4. The van der Waals surface area contributed by atoms with Crippen LogP contribution in [-0.2, 0) is 4.79 Å². The molecule has 1 aromatic heterocycles. The number of aromatic nitrogens is 1. The Hall–Kier alpha value is -1.42. The molecule has 4 nitrogen and oxygen atoms in total. The molecule has 0 aliphatic carbocycles. The fourth-order valence-electron chi connectivity index (χ4n) is 2.32. The normalized spacial score (nSPS) is 18.8. The molecule has 0 bridgehead atoms. The van der Waals surface area contributed by atoms with Crippen molar-refractivity contribution < 1.29 is 9.90 Å². The second-order valence-electron chi connectivity index (χ2n) is 4.53. The molecule has 0 spiro atoms. The van der Waals surface area contributed by atoms with Gasteiger partial charge in [-0.3, -0.25) is 9.78 Å². The van der Waals surface area contributed by atoms with Crippen LogP contribution in [0, 0.1) is 0 Å². The fraction of sp³-hybridized carbons (Fsp3) is 0.538. The first-order chi connectivity index (χ1) is 8.27. The molecule has 1 aliphatic heterocycles. The molecule has 0 radical (unpaired) electrons. The molecule has 1 fully saturated rings. The van der Waals surface area contributed by atoms with Gasteiger partial charge in [-0.25, -0.2) is 0 Å². The number of hydrogen-bond donors (Lipinski definition) is 1. The van der Waals surface area contributed by atoms with Gasteiger partial charge in [0, 0.05) is 18.9 Å². The van der Waals surface area contributed by atoms with Crippen molar-refractivity contribution in [2.45, 2.75) is 25.2 Å². The van der Waals surface area contributed by atoms with Gasteiger partial charge < -0.3 is 10.0 Å². The average molecular weight is 234 g/mol. The highest BCUT2D eigenvalue weighted by Crippen LogP contribution is 2.19. The molecular weight excluding hydrogens is 216 g/mol. The Labute approximate surface area is 101 Å². The molecule has 1 atom stereocenters. The molecule has 1 aliphatic rings. The zero-order valence-electron chi connectivity index (χ0n) is 9.88. The lowest BCUT2D eigenvalue weighted by Crippen LogP contribution is -2.35. The van der Waals surface area contributed by atoms with Crippen molar-refractivity contribution in [2.24, 2.45) is 0 Å². The summed E-state index contributed by atoms with van der Waals surface area (Å²) in [7, 11) is 0. The summed E-state index contributed by atoms with van der Waals surface area (Å²) in [5, 5.41) is 9.31. The Bertz CT molecular complexity index is 361. The summed E-state index contributed by atoms with van der Waals surface area (Å²) in [4.78, 5) is 17.5. The van der Waals surface area contributed by atoms with Gasteiger partial charge in [-0.05, 0) is 43.6 Å². The Kier molecular flexibility index (Phi) is 4.09. The molecule has 0 amide bonds. The molecule has 0 aromatic carbocycles. The number of carbonyl (C=O) groups is 1. The van der Waals surface area contributed by atoms with Gasteiger partial charge in [-0.2, -0.15) is 0 Å². The summed E-state index contributed by atoms with van der Waals surface area (Å²) in [6.07, 6.45) is 6.94. The zero-order chi connectivity index (χ0) is 12.1. The van der Waals surface area contributed by atoms with Crippen LogP contribution in [0.2, 0.25) is 0 Å². The molecule has 92 valence electrons. The number of rotatable bonds is 4. The minimum absolute atomic E-state index is 0.434.